The number of cyclic esters (lactones) is 1. The maximum atomic E-state index is 14.3. The molecule has 2 saturated heterocycles. The highest BCUT2D eigenvalue weighted by atomic mass is 16.6. The first-order valence-corrected chi connectivity index (χ1v) is 15.6. The molecule has 1 aromatic carbocycles. The van der Waals surface area contributed by atoms with Crippen LogP contribution in [0.3, 0.4) is 0 Å². The van der Waals surface area contributed by atoms with Crippen LogP contribution < -0.4 is 5.32 Å². The molecule has 2 fully saturated rings. The quantitative estimate of drug-likeness (QED) is 0.246. The van der Waals surface area contributed by atoms with Crippen LogP contribution in [0.5, 0.6) is 0 Å². The number of allylic oxidation sites excluding steroid dienone is 1. The number of amides is 3. The summed E-state index contributed by atoms with van der Waals surface area (Å²) in [6, 6.07) is 7.36. The smallest absolute Gasteiger partial charge is 0.313 e. The number of benzene rings is 1. The van der Waals surface area contributed by atoms with Gasteiger partial charge in [-0.05, 0) is 18.4 Å². The van der Waals surface area contributed by atoms with Crippen LogP contribution in [-0.2, 0) is 33.4 Å². The third-order valence-corrected chi connectivity index (χ3v) is 9.02. The summed E-state index contributed by atoms with van der Waals surface area (Å²) in [6.07, 6.45) is 8.68. The van der Waals surface area contributed by atoms with Crippen LogP contribution in [0.15, 0.2) is 54.6 Å². The number of methoxy groups -OCH3 is 1. The van der Waals surface area contributed by atoms with Crippen molar-refractivity contribution >= 4 is 23.7 Å². The summed E-state index contributed by atoms with van der Waals surface area (Å²) in [7, 11) is 1.51. The molecule has 0 aromatic heterocycles. The number of carbonyl (C=O) groups is 4. The molecular formula is C33H43N3O8. The second-order valence-electron chi connectivity index (χ2n) is 11.9. The van der Waals surface area contributed by atoms with Crippen LogP contribution in [-0.4, -0.2) is 102 Å². The number of β-amino-alcohol motifs (C(OH)–C–C–N with tert-alkyl or cyclic N) is 1. The number of hydrogen-bond acceptors (Lipinski definition) is 8. The van der Waals surface area contributed by atoms with Gasteiger partial charge in [0.1, 0.15) is 23.7 Å². The molecular weight excluding hydrogens is 566 g/mol. The molecule has 0 unspecified atom stereocenters. The van der Waals surface area contributed by atoms with E-state index in [4.69, 9.17) is 14.2 Å². The Labute approximate surface area is 258 Å². The SMILES string of the molecule is CCCCCN1CC=C[C@]23O[C@@H]4/C=C\CCC(=O)N[C@H](COC)[C@@H](c5ccccc5)OC(=O)[C@@H]4[C@H]2C(=O)N(CCO)[C@@H]3C1=O. The predicted molar refractivity (Wildman–Crippen MR) is 160 cm³/mol. The minimum atomic E-state index is -1.43. The average Bonchev–Trinajstić information content (AvgIpc) is 3.40. The Bertz CT molecular complexity index is 1270. The second-order valence-corrected chi connectivity index (χ2v) is 11.9. The van der Waals surface area contributed by atoms with Crippen LogP contribution in [0.4, 0.5) is 0 Å². The normalized spacial score (nSPS) is 33.0. The highest BCUT2D eigenvalue weighted by molar-refractivity contribution is 5.99. The molecule has 0 bridgehead atoms. The van der Waals surface area contributed by atoms with E-state index < -0.39 is 53.6 Å². The third kappa shape index (κ3) is 6.05. The maximum Gasteiger partial charge on any atom is 0.313 e. The summed E-state index contributed by atoms with van der Waals surface area (Å²) in [6.45, 7) is 2.66. The van der Waals surface area contributed by atoms with Gasteiger partial charge < -0.3 is 34.4 Å². The molecule has 1 spiro atoms. The van der Waals surface area contributed by atoms with Crippen molar-refractivity contribution in [2.75, 3.05) is 40.0 Å². The molecule has 0 radical (unpaired) electrons. The fourth-order valence-corrected chi connectivity index (χ4v) is 7.04. The molecule has 11 heteroatoms. The first kappa shape index (κ1) is 31.9. The fourth-order valence-electron chi connectivity index (χ4n) is 7.04. The van der Waals surface area contributed by atoms with Gasteiger partial charge in [-0.1, -0.05) is 74.4 Å². The lowest BCUT2D eigenvalue weighted by Gasteiger charge is -2.35. The Morgan fingerprint density at radius 1 is 1.07 bits per heavy atom. The summed E-state index contributed by atoms with van der Waals surface area (Å²) < 4.78 is 18.3. The maximum absolute atomic E-state index is 14.3. The predicted octanol–water partition coefficient (Wildman–Crippen LogP) is 1.91. The highest BCUT2D eigenvalue weighted by Crippen LogP contribution is 2.53. The van der Waals surface area contributed by atoms with Gasteiger partial charge in [-0.2, -0.15) is 0 Å². The molecule has 5 rings (SSSR count). The van der Waals surface area contributed by atoms with Crippen molar-refractivity contribution in [2.45, 2.75) is 68.9 Å². The summed E-state index contributed by atoms with van der Waals surface area (Å²) in [5.41, 5.74) is -0.769. The molecule has 4 heterocycles. The number of carbonyl (C=O) groups excluding carboxylic acids is 4. The van der Waals surface area contributed by atoms with Crippen molar-refractivity contribution < 1.29 is 38.5 Å². The standard InChI is InChI=1S/C33H43N3O8/c1-3-4-10-17-35-18-11-16-33-27(30(39)36(19-20-37)29(33)31(35)40)26-24(44-33)14-8-9-15-25(38)34-23(21-42-2)28(43-32(26)41)22-12-6-5-7-13-22/h5-8,11-14,16,23-24,26-29,37H,3-4,9-10,15,17-21H2,1-2H3,(H,34,38)/b14-8-/t23-,24-,26+,27+,28-,29-,33+/m1/s1. The van der Waals surface area contributed by atoms with Crippen molar-refractivity contribution in [3.63, 3.8) is 0 Å². The number of ether oxygens (including phenoxy) is 3. The lowest BCUT2D eigenvalue weighted by molar-refractivity contribution is -0.162. The van der Waals surface area contributed by atoms with Gasteiger partial charge in [-0.25, -0.2) is 0 Å². The highest BCUT2D eigenvalue weighted by Gasteiger charge is 2.71. The van der Waals surface area contributed by atoms with Gasteiger partial charge in [0.25, 0.3) is 0 Å². The van der Waals surface area contributed by atoms with Crippen LogP contribution in [0.1, 0.15) is 50.7 Å². The molecule has 0 saturated carbocycles. The molecule has 4 aliphatic rings. The molecule has 44 heavy (non-hydrogen) atoms. The Morgan fingerprint density at radius 3 is 2.59 bits per heavy atom. The van der Waals surface area contributed by atoms with E-state index in [1.54, 1.807) is 23.1 Å². The van der Waals surface area contributed by atoms with Crippen molar-refractivity contribution in [3.05, 3.63) is 60.2 Å². The molecule has 1 aromatic rings. The number of hydrogen-bond donors (Lipinski definition) is 2. The summed E-state index contributed by atoms with van der Waals surface area (Å²) in [5.74, 6) is -3.70. The molecule has 4 aliphatic heterocycles. The Hall–Kier alpha value is -3.54. The van der Waals surface area contributed by atoms with E-state index in [-0.39, 0.29) is 38.0 Å². The number of rotatable bonds is 9. The zero-order chi connectivity index (χ0) is 31.3. The van der Waals surface area contributed by atoms with Gasteiger partial charge in [0, 0.05) is 33.2 Å². The van der Waals surface area contributed by atoms with E-state index in [1.807, 2.05) is 36.4 Å². The first-order valence-electron chi connectivity index (χ1n) is 15.6. The van der Waals surface area contributed by atoms with E-state index in [9.17, 15) is 24.3 Å². The average molecular weight is 610 g/mol. The lowest BCUT2D eigenvalue weighted by Crippen LogP contribution is -2.55. The summed E-state index contributed by atoms with van der Waals surface area (Å²) in [4.78, 5) is 58.7. The van der Waals surface area contributed by atoms with Crippen molar-refractivity contribution in [2.24, 2.45) is 11.8 Å². The number of fused-ring (bicyclic) bond motifs is 2. The van der Waals surface area contributed by atoms with E-state index in [0.717, 1.165) is 19.3 Å². The second kappa shape index (κ2) is 14.0. The number of nitrogens with zero attached hydrogens (tertiary/aromatic N) is 2. The van der Waals surface area contributed by atoms with E-state index in [2.05, 4.69) is 12.2 Å². The van der Waals surface area contributed by atoms with Gasteiger partial charge in [0.2, 0.25) is 17.7 Å². The number of esters is 1. The number of nitrogens with one attached hydrogen (secondary N) is 1. The van der Waals surface area contributed by atoms with Crippen LogP contribution in [0, 0.1) is 11.8 Å². The minimum Gasteiger partial charge on any atom is -0.455 e. The Balaban J connectivity index is 1.56. The van der Waals surface area contributed by atoms with Gasteiger partial charge in [0.15, 0.2) is 0 Å². The van der Waals surface area contributed by atoms with Crippen molar-refractivity contribution in [1.82, 2.24) is 15.1 Å². The topological polar surface area (TPSA) is 135 Å². The van der Waals surface area contributed by atoms with Crippen molar-refractivity contribution in [1.29, 1.82) is 0 Å². The minimum absolute atomic E-state index is 0.0651. The lowest BCUT2D eigenvalue weighted by atomic mass is 9.77. The number of unbranched alkanes of at least 4 members (excludes halogenated alkanes) is 2. The zero-order valence-electron chi connectivity index (χ0n) is 25.4. The van der Waals surface area contributed by atoms with Crippen LogP contribution in [0.2, 0.25) is 0 Å². The van der Waals surface area contributed by atoms with E-state index in [0.29, 0.717) is 25.1 Å². The van der Waals surface area contributed by atoms with Gasteiger partial charge in [-0.3, -0.25) is 19.2 Å². The van der Waals surface area contributed by atoms with Gasteiger partial charge in [0.05, 0.1) is 31.3 Å². The molecule has 0 aliphatic carbocycles. The zero-order valence-corrected chi connectivity index (χ0v) is 25.4. The van der Waals surface area contributed by atoms with Crippen molar-refractivity contribution in [3.8, 4) is 0 Å². The fraction of sp³-hybridized carbons (Fsp3) is 0.576. The first-order chi connectivity index (χ1) is 21.4. The summed E-state index contributed by atoms with van der Waals surface area (Å²) in [5, 5.41) is 12.9. The largest absolute Gasteiger partial charge is 0.455 e. The molecule has 3 amide bonds. The van der Waals surface area contributed by atoms with Crippen LogP contribution >= 0.6 is 0 Å². The number of aliphatic hydroxyl groups excluding tert-OH is 1. The monoisotopic (exact) mass is 609 g/mol. The molecule has 7 atom stereocenters. The van der Waals surface area contributed by atoms with Gasteiger partial charge in [-0.15, -0.1) is 0 Å². The van der Waals surface area contributed by atoms with Crippen LogP contribution in [0.25, 0.3) is 0 Å². The van der Waals surface area contributed by atoms with E-state index >= 15 is 0 Å². The summed E-state index contributed by atoms with van der Waals surface area (Å²) >= 11 is 0. The van der Waals surface area contributed by atoms with E-state index in [1.165, 1.54) is 12.0 Å². The third-order valence-electron chi connectivity index (χ3n) is 9.02. The van der Waals surface area contributed by atoms with Gasteiger partial charge >= 0.3 is 5.97 Å². The Morgan fingerprint density at radius 2 is 1.86 bits per heavy atom. The molecule has 2 N–H and O–H groups in total. The molecule has 11 nitrogen and oxygen atoms in total. The Kier molecular flexibility index (Phi) is 10.2. The number of likely N-dealkylation sites (tertiary alicyclic amines) is 1. The molecule has 238 valence electrons. The number of aliphatic hydroxyl groups is 1.